The standard InChI is InChI=1S/C16H19ClN2O4S2/c1-2-3-12-18-24(20,21)15-10-6-14(7-11-15)19-25(22,23)16-8-4-13(17)5-9-16/h4-11,18-19H,2-3,12H2,1H3. The number of nitrogens with one attached hydrogen (secondary N) is 2. The Morgan fingerprint density at radius 2 is 1.36 bits per heavy atom. The van der Waals surface area contributed by atoms with Crippen LogP contribution in [0.1, 0.15) is 19.8 Å². The van der Waals surface area contributed by atoms with Crippen molar-refractivity contribution in [2.75, 3.05) is 11.3 Å². The van der Waals surface area contributed by atoms with Gasteiger partial charge in [0.25, 0.3) is 10.0 Å². The molecule has 0 spiro atoms. The Bertz CT molecular complexity index is 910. The molecule has 0 saturated heterocycles. The number of hydrogen-bond donors (Lipinski definition) is 2. The van der Waals surface area contributed by atoms with Crippen LogP contribution in [0.15, 0.2) is 58.3 Å². The van der Waals surface area contributed by atoms with Crippen LogP contribution >= 0.6 is 11.6 Å². The number of rotatable bonds is 8. The van der Waals surface area contributed by atoms with Gasteiger partial charge in [-0.05, 0) is 55.0 Å². The predicted octanol–water partition coefficient (Wildman–Crippen LogP) is 3.22. The van der Waals surface area contributed by atoms with Gasteiger partial charge in [0.1, 0.15) is 0 Å². The molecular formula is C16H19ClN2O4S2. The highest BCUT2D eigenvalue weighted by atomic mass is 35.5. The Morgan fingerprint density at radius 1 is 0.840 bits per heavy atom. The molecule has 0 unspecified atom stereocenters. The van der Waals surface area contributed by atoms with Gasteiger partial charge < -0.3 is 0 Å². The Kier molecular flexibility index (Phi) is 6.45. The molecule has 0 aliphatic carbocycles. The minimum Gasteiger partial charge on any atom is -0.280 e. The maximum Gasteiger partial charge on any atom is 0.261 e. The van der Waals surface area contributed by atoms with Crippen molar-refractivity contribution in [1.29, 1.82) is 0 Å². The number of hydrogen-bond acceptors (Lipinski definition) is 4. The first-order valence-corrected chi connectivity index (χ1v) is 11.0. The smallest absolute Gasteiger partial charge is 0.261 e. The highest BCUT2D eigenvalue weighted by Gasteiger charge is 2.16. The zero-order valence-electron chi connectivity index (χ0n) is 13.6. The molecule has 0 aliphatic heterocycles. The van der Waals surface area contributed by atoms with Crippen LogP contribution in [0.3, 0.4) is 0 Å². The van der Waals surface area contributed by atoms with Crippen LogP contribution in [0.2, 0.25) is 5.02 Å². The van der Waals surface area contributed by atoms with Gasteiger partial charge in [-0.2, -0.15) is 0 Å². The number of anilines is 1. The van der Waals surface area contributed by atoms with E-state index in [4.69, 9.17) is 11.6 Å². The second-order valence-electron chi connectivity index (χ2n) is 5.34. The van der Waals surface area contributed by atoms with Crippen molar-refractivity contribution in [3.8, 4) is 0 Å². The lowest BCUT2D eigenvalue weighted by Gasteiger charge is -2.10. The first kappa shape index (κ1) is 19.7. The van der Waals surface area contributed by atoms with Gasteiger partial charge >= 0.3 is 0 Å². The van der Waals surface area contributed by atoms with Crippen LogP contribution in [-0.2, 0) is 20.0 Å². The van der Waals surface area contributed by atoms with Crippen molar-refractivity contribution < 1.29 is 16.8 Å². The molecule has 2 rings (SSSR count). The molecular weight excluding hydrogens is 384 g/mol. The van der Waals surface area contributed by atoms with E-state index >= 15 is 0 Å². The van der Waals surface area contributed by atoms with Crippen LogP contribution in [0.5, 0.6) is 0 Å². The van der Waals surface area contributed by atoms with Crippen LogP contribution in [0.4, 0.5) is 5.69 Å². The summed E-state index contributed by atoms with van der Waals surface area (Å²) in [4.78, 5) is 0.146. The number of halogens is 1. The Hall–Kier alpha value is -1.61. The summed E-state index contributed by atoms with van der Waals surface area (Å²) in [6.07, 6.45) is 1.63. The fourth-order valence-electron chi connectivity index (χ4n) is 2.00. The van der Waals surface area contributed by atoms with Crippen molar-refractivity contribution in [2.24, 2.45) is 0 Å². The molecule has 0 aromatic heterocycles. The summed E-state index contributed by atoms with van der Waals surface area (Å²) < 4.78 is 53.7. The highest BCUT2D eigenvalue weighted by Crippen LogP contribution is 2.20. The lowest BCUT2D eigenvalue weighted by molar-refractivity contribution is 0.578. The summed E-state index contributed by atoms with van der Waals surface area (Å²) in [5.41, 5.74) is 0.266. The summed E-state index contributed by atoms with van der Waals surface area (Å²) in [5.74, 6) is 0. The summed E-state index contributed by atoms with van der Waals surface area (Å²) in [6.45, 7) is 2.33. The van der Waals surface area contributed by atoms with E-state index in [1.54, 1.807) is 0 Å². The summed E-state index contributed by atoms with van der Waals surface area (Å²) in [7, 11) is -7.36. The number of sulfonamides is 2. The van der Waals surface area contributed by atoms with Gasteiger partial charge in [0, 0.05) is 17.3 Å². The third-order valence-electron chi connectivity index (χ3n) is 3.36. The fraction of sp³-hybridized carbons (Fsp3) is 0.250. The molecule has 0 amide bonds. The largest absolute Gasteiger partial charge is 0.280 e. The minimum absolute atomic E-state index is 0.0647. The van der Waals surface area contributed by atoms with Gasteiger partial charge in [0.2, 0.25) is 10.0 Å². The maximum absolute atomic E-state index is 12.3. The van der Waals surface area contributed by atoms with Gasteiger partial charge in [-0.15, -0.1) is 0 Å². The molecule has 0 heterocycles. The zero-order chi connectivity index (χ0) is 18.5. The predicted molar refractivity (Wildman–Crippen MR) is 98.8 cm³/mol. The highest BCUT2D eigenvalue weighted by molar-refractivity contribution is 7.92. The Labute approximate surface area is 153 Å². The topological polar surface area (TPSA) is 92.3 Å². The molecule has 0 radical (unpaired) electrons. The minimum atomic E-state index is -3.77. The molecule has 0 atom stereocenters. The summed E-state index contributed by atoms with van der Waals surface area (Å²) in [5, 5.41) is 0.434. The van der Waals surface area contributed by atoms with Crippen LogP contribution < -0.4 is 9.44 Å². The van der Waals surface area contributed by atoms with Gasteiger partial charge in [0.15, 0.2) is 0 Å². The van der Waals surface area contributed by atoms with Crippen LogP contribution in [0.25, 0.3) is 0 Å². The van der Waals surface area contributed by atoms with E-state index in [0.717, 1.165) is 12.8 Å². The Morgan fingerprint density at radius 3 is 1.92 bits per heavy atom. The molecule has 6 nitrogen and oxygen atoms in total. The molecule has 9 heteroatoms. The van der Waals surface area contributed by atoms with Crippen molar-refractivity contribution in [1.82, 2.24) is 4.72 Å². The quantitative estimate of drug-likeness (QED) is 0.663. The monoisotopic (exact) mass is 402 g/mol. The van der Waals surface area contributed by atoms with Crippen molar-refractivity contribution in [3.63, 3.8) is 0 Å². The molecule has 0 bridgehead atoms. The summed E-state index contributed by atoms with van der Waals surface area (Å²) >= 11 is 5.75. The van der Waals surface area contributed by atoms with Crippen LogP contribution in [-0.4, -0.2) is 23.4 Å². The van der Waals surface area contributed by atoms with E-state index in [-0.39, 0.29) is 15.5 Å². The average Bonchev–Trinajstić information content (AvgIpc) is 2.55. The lowest BCUT2D eigenvalue weighted by Crippen LogP contribution is -2.24. The third kappa shape index (κ3) is 5.43. The lowest BCUT2D eigenvalue weighted by atomic mass is 10.3. The maximum atomic E-state index is 12.3. The normalized spacial score (nSPS) is 12.1. The van der Waals surface area contributed by atoms with E-state index in [2.05, 4.69) is 9.44 Å². The average molecular weight is 403 g/mol. The SMILES string of the molecule is CCCCNS(=O)(=O)c1ccc(NS(=O)(=O)c2ccc(Cl)cc2)cc1. The van der Waals surface area contributed by atoms with E-state index in [1.807, 2.05) is 6.92 Å². The Balaban J connectivity index is 2.13. The van der Waals surface area contributed by atoms with E-state index in [0.29, 0.717) is 11.6 Å². The van der Waals surface area contributed by atoms with Gasteiger partial charge in [-0.25, -0.2) is 21.6 Å². The molecule has 0 saturated carbocycles. The van der Waals surface area contributed by atoms with Gasteiger partial charge in [0.05, 0.1) is 9.79 Å². The first-order chi connectivity index (χ1) is 11.7. The van der Waals surface area contributed by atoms with Crippen molar-refractivity contribution >= 4 is 37.3 Å². The third-order valence-corrected chi connectivity index (χ3v) is 6.49. The molecule has 2 aromatic rings. The molecule has 136 valence electrons. The van der Waals surface area contributed by atoms with Crippen LogP contribution in [0, 0.1) is 0 Å². The van der Waals surface area contributed by atoms with Crippen molar-refractivity contribution in [2.45, 2.75) is 29.6 Å². The molecule has 25 heavy (non-hydrogen) atoms. The molecule has 2 aromatic carbocycles. The first-order valence-electron chi connectivity index (χ1n) is 7.63. The number of benzene rings is 2. The van der Waals surface area contributed by atoms with E-state index in [1.165, 1.54) is 48.5 Å². The van der Waals surface area contributed by atoms with E-state index in [9.17, 15) is 16.8 Å². The van der Waals surface area contributed by atoms with Gasteiger partial charge in [-0.3, -0.25) is 4.72 Å². The second kappa shape index (κ2) is 8.18. The zero-order valence-corrected chi connectivity index (χ0v) is 16.0. The number of unbranched alkanes of at least 4 members (excludes halogenated alkanes) is 1. The fourth-order valence-corrected chi connectivity index (χ4v) is 4.26. The second-order valence-corrected chi connectivity index (χ2v) is 9.22. The van der Waals surface area contributed by atoms with Crippen molar-refractivity contribution in [3.05, 3.63) is 53.6 Å². The van der Waals surface area contributed by atoms with Gasteiger partial charge in [-0.1, -0.05) is 24.9 Å². The molecule has 2 N–H and O–H groups in total. The molecule has 0 aliphatic rings. The summed E-state index contributed by atoms with van der Waals surface area (Å²) in [6, 6.07) is 11.3. The molecule has 0 fully saturated rings. The van der Waals surface area contributed by atoms with E-state index < -0.39 is 20.0 Å².